The van der Waals surface area contributed by atoms with Gasteiger partial charge in [0, 0.05) is 6.54 Å². The van der Waals surface area contributed by atoms with Crippen molar-refractivity contribution in [2.45, 2.75) is 13.0 Å². The van der Waals surface area contributed by atoms with Gasteiger partial charge in [-0.25, -0.2) is 4.98 Å². The number of aromatic nitrogens is 2. The Balaban J connectivity index is 2.26. The molecular formula is C9H12IN3. The molecule has 0 radical (unpaired) electrons. The van der Waals surface area contributed by atoms with E-state index in [9.17, 15) is 0 Å². The van der Waals surface area contributed by atoms with Crippen molar-refractivity contribution >= 4 is 22.6 Å². The molecule has 3 nitrogen and oxygen atoms in total. The summed E-state index contributed by atoms with van der Waals surface area (Å²) in [7, 11) is 2.12. The molecule has 4 heteroatoms. The van der Waals surface area contributed by atoms with Gasteiger partial charge in [0.25, 0.3) is 0 Å². The van der Waals surface area contributed by atoms with Gasteiger partial charge in [-0.3, -0.25) is 4.90 Å². The van der Waals surface area contributed by atoms with Crippen LogP contribution in [0.15, 0.2) is 17.8 Å². The molecule has 1 aliphatic heterocycles. The van der Waals surface area contributed by atoms with Crippen LogP contribution in [0.25, 0.3) is 0 Å². The molecular weight excluding hydrogens is 277 g/mol. The molecule has 0 spiro atoms. The Labute approximate surface area is 91.4 Å². The van der Waals surface area contributed by atoms with Gasteiger partial charge in [0.2, 0.25) is 0 Å². The van der Waals surface area contributed by atoms with Crippen LogP contribution < -0.4 is 0 Å². The molecule has 2 heterocycles. The molecule has 0 unspecified atom stereocenters. The third kappa shape index (κ3) is 1.78. The van der Waals surface area contributed by atoms with Crippen molar-refractivity contribution in [3.8, 4) is 0 Å². The molecule has 0 aromatic carbocycles. The highest BCUT2D eigenvalue weighted by Crippen LogP contribution is 2.26. The van der Waals surface area contributed by atoms with Gasteiger partial charge in [-0.15, -0.1) is 0 Å². The quantitative estimate of drug-likeness (QED) is 0.633. The Morgan fingerprint density at radius 1 is 1.69 bits per heavy atom. The third-order valence-electron chi connectivity index (χ3n) is 2.26. The van der Waals surface area contributed by atoms with Crippen LogP contribution in [-0.2, 0) is 0 Å². The van der Waals surface area contributed by atoms with E-state index >= 15 is 0 Å². The van der Waals surface area contributed by atoms with E-state index in [-0.39, 0.29) is 0 Å². The van der Waals surface area contributed by atoms with E-state index in [1.165, 1.54) is 5.57 Å². The van der Waals surface area contributed by atoms with Crippen molar-refractivity contribution in [2.75, 3.05) is 13.6 Å². The molecule has 0 saturated carbocycles. The Hall–Kier alpha value is -0.360. The van der Waals surface area contributed by atoms with Gasteiger partial charge >= 0.3 is 0 Å². The summed E-state index contributed by atoms with van der Waals surface area (Å²) in [5, 5.41) is 0. The lowest BCUT2D eigenvalue weighted by atomic mass is 10.2. The fraction of sp³-hybridized carbons (Fsp3) is 0.444. The number of likely N-dealkylation sites (N-methyl/N-ethyl adjacent to an activating group) is 1. The van der Waals surface area contributed by atoms with Gasteiger partial charge in [-0.2, -0.15) is 0 Å². The monoisotopic (exact) mass is 289 g/mol. The van der Waals surface area contributed by atoms with Crippen LogP contribution in [0, 0.1) is 3.70 Å². The van der Waals surface area contributed by atoms with Gasteiger partial charge in [0.15, 0.2) is 0 Å². The minimum Gasteiger partial charge on any atom is -0.336 e. The van der Waals surface area contributed by atoms with Crippen molar-refractivity contribution in [3.63, 3.8) is 0 Å². The van der Waals surface area contributed by atoms with E-state index in [0.717, 1.165) is 16.1 Å². The zero-order chi connectivity index (χ0) is 9.42. The molecule has 70 valence electrons. The average molecular weight is 289 g/mol. The normalized spacial score (nSPS) is 23.6. The third-order valence-corrected chi connectivity index (χ3v) is 2.81. The fourth-order valence-corrected chi connectivity index (χ4v) is 2.11. The Bertz CT molecular complexity index is 342. The minimum atomic E-state index is 0.337. The van der Waals surface area contributed by atoms with Gasteiger partial charge in [-0.1, -0.05) is 11.6 Å². The zero-order valence-corrected chi connectivity index (χ0v) is 9.87. The molecule has 0 amide bonds. The highest BCUT2D eigenvalue weighted by atomic mass is 127. The molecule has 1 atom stereocenters. The summed E-state index contributed by atoms with van der Waals surface area (Å²) < 4.78 is 1.10. The van der Waals surface area contributed by atoms with Crippen LogP contribution in [0.1, 0.15) is 18.8 Å². The van der Waals surface area contributed by atoms with Crippen molar-refractivity contribution in [2.24, 2.45) is 0 Å². The molecule has 0 saturated heterocycles. The maximum atomic E-state index is 4.33. The number of aromatic amines is 1. The second kappa shape index (κ2) is 3.42. The summed E-state index contributed by atoms with van der Waals surface area (Å²) >= 11 is 2.24. The predicted molar refractivity (Wildman–Crippen MR) is 60.4 cm³/mol. The first kappa shape index (κ1) is 9.21. The second-order valence-corrected chi connectivity index (χ2v) is 4.65. The fourth-order valence-electron chi connectivity index (χ4n) is 1.69. The van der Waals surface area contributed by atoms with Gasteiger partial charge in [0.05, 0.1) is 15.9 Å². The van der Waals surface area contributed by atoms with Gasteiger partial charge in [-0.05, 0) is 36.6 Å². The smallest absolute Gasteiger partial charge is 0.128 e. The molecule has 1 aromatic heterocycles. The molecule has 0 bridgehead atoms. The number of H-pyrrole nitrogens is 1. The summed E-state index contributed by atoms with van der Waals surface area (Å²) in [4.78, 5) is 9.87. The van der Waals surface area contributed by atoms with Crippen LogP contribution in [-0.4, -0.2) is 28.5 Å². The van der Waals surface area contributed by atoms with Crippen molar-refractivity contribution in [1.29, 1.82) is 0 Å². The first-order valence-electron chi connectivity index (χ1n) is 4.25. The molecule has 1 aliphatic rings. The van der Waals surface area contributed by atoms with E-state index in [1.54, 1.807) is 0 Å². The molecule has 0 aliphatic carbocycles. The lowest BCUT2D eigenvalue weighted by Gasteiger charge is -2.16. The molecule has 1 aromatic rings. The number of rotatable bonds is 1. The number of nitrogens with zero attached hydrogens (tertiary/aromatic N) is 2. The first-order valence-corrected chi connectivity index (χ1v) is 5.32. The Morgan fingerprint density at radius 3 is 2.92 bits per heavy atom. The van der Waals surface area contributed by atoms with Crippen LogP contribution in [0.2, 0.25) is 0 Å². The summed E-state index contributed by atoms with van der Waals surface area (Å²) in [5.74, 6) is 1.05. The van der Waals surface area contributed by atoms with E-state index < -0.39 is 0 Å². The van der Waals surface area contributed by atoms with E-state index in [4.69, 9.17) is 0 Å². The minimum absolute atomic E-state index is 0.337. The lowest BCUT2D eigenvalue weighted by molar-refractivity contribution is 0.327. The SMILES string of the molecule is CC1=C[C@@H](c2ncc(I)[nH]2)N(C)C1. The molecule has 2 rings (SSSR count). The topological polar surface area (TPSA) is 31.9 Å². The highest BCUT2D eigenvalue weighted by Gasteiger charge is 2.22. The number of halogens is 1. The number of nitrogens with one attached hydrogen (secondary N) is 1. The average Bonchev–Trinajstić information content (AvgIpc) is 2.58. The largest absolute Gasteiger partial charge is 0.336 e. The van der Waals surface area contributed by atoms with Crippen LogP contribution >= 0.6 is 22.6 Å². The molecule has 0 fully saturated rings. The second-order valence-electron chi connectivity index (χ2n) is 3.49. The number of hydrogen-bond acceptors (Lipinski definition) is 2. The zero-order valence-electron chi connectivity index (χ0n) is 7.71. The van der Waals surface area contributed by atoms with Crippen molar-refractivity contribution in [1.82, 2.24) is 14.9 Å². The Morgan fingerprint density at radius 2 is 2.46 bits per heavy atom. The first-order chi connectivity index (χ1) is 6.16. The summed E-state index contributed by atoms with van der Waals surface area (Å²) in [6.45, 7) is 3.20. The number of hydrogen-bond donors (Lipinski definition) is 1. The molecule has 13 heavy (non-hydrogen) atoms. The van der Waals surface area contributed by atoms with Gasteiger partial charge in [0.1, 0.15) is 5.82 Å². The highest BCUT2D eigenvalue weighted by molar-refractivity contribution is 14.1. The maximum Gasteiger partial charge on any atom is 0.128 e. The van der Waals surface area contributed by atoms with Crippen LogP contribution in [0.5, 0.6) is 0 Å². The summed E-state index contributed by atoms with van der Waals surface area (Å²) in [5.41, 5.74) is 1.42. The molecule has 1 N–H and O–H groups in total. The van der Waals surface area contributed by atoms with Gasteiger partial charge < -0.3 is 4.98 Å². The maximum absolute atomic E-state index is 4.33. The Kier molecular flexibility index (Phi) is 2.42. The van der Waals surface area contributed by atoms with E-state index in [0.29, 0.717) is 6.04 Å². The standard InChI is InChI=1S/C9H12IN3/c1-6-3-7(13(2)5-6)9-11-4-8(10)12-9/h3-4,7H,5H2,1-2H3,(H,11,12)/t7-/m0/s1. The summed E-state index contributed by atoms with van der Waals surface area (Å²) in [6.07, 6.45) is 4.13. The van der Waals surface area contributed by atoms with E-state index in [2.05, 4.69) is 57.5 Å². The van der Waals surface area contributed by atoms with Crippen LogP contribution in [0.4, 0.5) is 0 Å². The van der Waals surface area contributed by atoms with E-state index in [1.807, 2.05) is 6.20 Å². The summed E-state index contributed by atoms with van der Waals surface area (Å²) in [6, 6.07) is 0.337. The lowest BCUT2D eigenvalue weighted by Crippen LogP contribution is -2.19. The predicted octanol–water partition coefficient (Wildman–Crippen LogP) is 1.95. The number of imidazole rings is 1. The van der Waals surface area contributed by atoms with Crippen molar-refractivity contribution < 1.29 is 0 Å². The van der Waals surface area contributed by atoms with Crippen LogP contribution in [0.3, 0.4) is 0 Å². The van der Waals surface area contributed by atoms with Crippen molar-refractivity contribution in [3.05, 3.63) is 27.4 Å².